The Balaban J connectivity index is 2.19. The molecule has 1 aliphatic rings. The van der Waals surface area contributed by atoms with Crippen LogP contribution in [0.4, 0.5) is 0 Å². The number of nitrogens with one attached hydrogen (secondary N) is 1. The summed E-state index contributed by atoms with van der Waals surface area (Å²) >= 11 is 3.35. The van der Waals surface area contributed by atoms with Gasteiger partial charge in [0, 0.05) is 23.2 Å². The van der Waals surface area contributed by atoms with Crippen LogP contribution in [0.15, 0.2) is 28.7 Å². The van der Waals surface area contributed by atoms with Crippen LogP contribution in [0, 0.1) is 0 Å². The molecule has 1 heterocycles. The monoisotopic (exact) mass is 267 g/mol. The van der Waals surface area contributed by atoms with Gasteiger partial charge in [0.2, 0.25) is 11.8 Å². The summed E-state index contributed by atoms with van der Waals surface area (Å²) in [5, 5.41) is 2.30. The van der Waals surface area contributed by atoms with Crippen LogP contribution in [0.25, 0.3) is 0 Å². The molecule has 1 aromatic rings. The normalized spacial score (nSPS) is 17.7. The lowest BCUT2D eigenvalue weighted by molar-refractivity contribution is -0.133. The molecule has 1 aromatic carbocycles. The summed E-state index contributed by atoms with van der Waals surface area (Å²) < 4.78 is 0.998. The van der Waals surface area contributed by atoms with Crippen LogP contribution in [0.3, 0.4) is 0 Å². The molecule has 0 saturated carbocycles. The molecule has 1 aliphatic heterocycles. The van der Waals surface area contributed by atoms with E-state index in [4.69, 9.17) is 0 Å². The third-order valence-corrected chi connectivity index (χ3v) is 3.01. The van der Waals surface area contributed by atoms with Crippen molar-refractivity contribution in [1.29, 1.82) is 0 Å². The fraction of sp³-hybridized carbons (Fsp3) is 0.273. The first kappa shape index (κ1) is 10.4. The fourth-order valence-electron chi connectivity index (χ4n) is 1.75. The van der Waals surface area contributed by atoms with Gasteiger partial charge in [0.15, 0.2) is 0 Å². The maximum absolute atomic E-state index is 11.2. The van der Waals surface area contributed by atoms with Gasteiger partial charge in [-0.1, -0.05) is 28.1 Å². The van der Waals surface area contributed by atoms with Gasteiger partial charge >= 0.3 is 0 Å². The average molecular weight is 268 g/mol. The molecule has 4 heteroatoms. The molecule has 2 rings (SSSR count). The second-order valence-corrected chi connectivity index (χ2v) is 4.54. The van der Waals surface area contributed by atoms with Gasteiger partial charge in [0.1, 0.15) is 0 Å². The highest BCUT2D eigenvalue weighted by molar-refractivity contribution is 9.10. The smallest absolute Gasteiger partial charge is 0.227 e. The second-order valence-electron chi connectivity index (χ2n) is 3.63. The zero-order valence-electron chi connectivity index (χ0n) is 8.00. The van der Waals surface area contributed by atoms with Crippen LogP contribution in [0.5, 0.6) is 0 Å². The number of benzene rings is 1. The molecule has 1 saturated heterocycles. The molecular weight excluding hydrogens is 258 g/mol. The van der Waals surface area contributed by atoms with Crippen molar-refractivity contribution in [2.45, 2.75) is 18.8 Å². The van der Waals surface area contributed by atoms with Crippen molar-refractivity contribution in [2.75, 3.05) is 0 Å². The van der Waals surface area contributed by atoms with E-state index in [9.17, 15) is 9.59 Å². The number of amides is 2. The fourth-order valence-corrected chi connectivity index (χ4v) is 2.01. The lowest BCUT2D eigenvalue weighted by Crippen LogP contribution is -2.37. The number of halogens is 1. The zero-order valence-corrected chi connectivity index (χ0v) is 9.58. The predicted octanol–water partition coefficient (Wildman–Crippen LogP) is 1.97. The molecule has 0 radical (unpaired) electrons. The van der Waals surface area contributed by atoms with E-state index in [1.54, 1.807) is 0 Å². The van der Waals surface area contributed by atoms with Crippen molar-refractivity contribution >= 4 is 27.7 Å². The zero-order chi connectivity index (χ0) is 10.8. The van der Waals surface area contributed by atoms with Gasteiger partial charge in [-0.15, -0.1) is 0 Å². The molecule has 1 N–H and O–H groups in total. The molecule has 2 amide bonds. The number of carbonyl (C=O) groups is 2. The Kier molecular flexibility index (Phi) is 2.86. The van der Waals surface area contributed by atoms with Crippen molar-refractivity contribution in [2.24, 2.45) is 0 Å². The molecule has 0 aromatic heterocycles. The Morgan fingerprint density at radius 3 is 2.13 bits per heavy atom. The highest BCUT2D eigenvalue weighted by Crippen LogP contribution is 2.27. The Hall–Kier alpha value is -1.16. The van der Waals surface area contributed by atoms with Crippen molar-refractivity contribution in [3.63, 3.8) is 0 Å². The van der Waals surface area contributed by atoms with Crippen LogP contribution in [-0.2, 0) is 9.59 Å². The molecule has 15 heavy (non-hydrogen) atoms. The topological polar surface area (TPSA) is 46.2 Å². The third-order valence-electron chi connectivity index (χ3n) is 2.48. The highest BCUT2D eigenvalue weighted by Gasteiger charge is 2.25. The maximum Gasteiger partial charge on any atom is 0.227 e. The summed E-state index contributed by atoms with van der Waals surface area (Å²) in [5.74, 6) is -0.335. The van der Waals surface area contributed by atoms with Crippen LogP contribution in [0.2, 0.25) is 0 Å². The summed E-state index contributed by atoms with van der Waals surface area (Å²) in [5.41, 5.74) is 1.04. The first-order chi connectivity index (χ1) is 7.15. The van der Waals surface area contributed by atoms with Crippen LogP contribution in [0.1, 0.15) is 24.3 Å². The third kappa shape index (κ3) is 2.45. The SMILES string of the molecule is O=C1CC(c2ccc(Br)cc2)CC(=O)N1. The molecule has 0 spiro atoms. The molecule has 1 fully saturated rings. The first-order valence-corrected chi connectivity index (χ1v) is 5.52. The summed E-state index contributed by atoms with van der Waals surface area (Å²) in [6, 6.07) is 7.74. The molecule has 78 valence electrons. The van der Waals surface area contributed by atoms with Crippen LogP contribution >= 0.6 is 15.9 Å². The average Bonchev–Trinajstić information content (AvgIpc) is 2.17. The van der Waals surface area contributed by atoms with E-state index in [-0.39, 0.29) is 17.7 Å². The van der Waals surface area contributed by atoms with Crippen molar-refractivity contribution in [3.8, 4) is 0 Å². The van der Waals surface area contributed by atoms with Gasteiger partial charge in [-0.05, 0) is 17.7 Å². The number of rotatable bonds is 1. The van der Waals surface area contributed by atoms with E-state index < -0.39 is 0 Å². The number of carbonyl (C=O) groups excluding carboxylic acids is 2. The number of hydrogen-bond donors (Lipinski definition) is 1. The van der Waals surface area contributed by atoms with Gasteiger partial charge in [-0.25, -0.2) is 0 Å². The maximum atomic E-state index is 11.2. The molecule has 3 nitrogen and oxygen atoms in total. The van der Waals surface area contributed by atoms with Gasteiger partial charge in [-0.2, -0.15) is 0 Å². The summed E-state index contributed by atoms with van der Waals surface area (Å²) in [4.78, 5) is 22.4. The largest absolute Gasteiger partial charge is 0.296 e. The van der Waals surface area contributed by atoms with Crippen molar-refractivity contribution in [1.82, 2.24) is 5.32 Å². The van der Waals surface area contributed by atoms with Crippen molar-refractivity contribution in [3.05, 3.63) is 34.3 Å². The first-order valence-electron chi connectivity index (χ1n) is 4.73. The molecule has 0 aliphatic carbocycles. The molecular formula is C11H10BrNO2. The molecule has 0 unspecified atom stereocenters. The van der Waals surface area contributed by atoms with E-state index in [1.807, 2.05) is 24.3 Å². The Labute approximate surface area is 96.0 Å². The number of hydrogen-bond acceptors (Lipinski definition) is 2. The van der Waals surface area contributed by atoms with E-state index in [0.717, 1.165) is 10.0 Å². The number of imide groups is 1. The van der Waals surface area contributed by atoms with Gasteiger partial charge in [0.25, 0.3) is 0 Å². The standard InChI is InChI=1S/C11H10BrNO2/c12-9-3-1-7(2-4-9)8-5-10(14)13-11(15)6-8/h1-4,8H,5-6H2,(H,13,14,15). The Morgan fingerprint density at radius 1 is 1.07 bits per heavy atom. The minimum atomic E-state index is -0.181. The van der Waals surface area contributed by atoms with Gasteiger partial charge in [-0.3, -0.25) is 14.9 Å². The quantitative estimate of drug-likeness (QED) is 0.791. The molecule has 0 atom stereocenters. The van der Waals surface area contributed by atoms with E-state index >= 15 is 0 Å². The Morgan fingerprint density at radius 2 is 1.60 bits per heavy atom. The van der Waals surface area contributed by atoms with Crippen LogP contribution in [-0.4, -0.2) is 11.8 Å². The lowest BCUT2D eigenvalue weighted by atomic mass is 9.89. The van der Waals surface area contributed by atoms with Crippen molar-refractivity contribution < 1.29 is 9.59 Å². The second kappa shape index (κ2) is 4.14. The van der Waals surface area contributed by atoms with E-state index in [1.165, 1.54) is 0 Å². The van der Waals surface area contributed by atoms with E-state index in [0.29, 0.717) is 12.8 Å². The summed E-state index contributed by atoms with van der Waals surface area (Å²) in [6.07, 6.45) is 0.792. The summed E-state index contributed by atoms with van der Waals surface area (Å²) in [6.45, 7) is 0. The minimum Gasteiger partial charge on any atom is -0.296 e. The minimum absolute atomic E-state index is 0.0272. The lowest BCUT2D eigenvalue weighted by Gasteiger charge is -2.21. The van der Waals surface area contributed by atoms with Gasteiger partial charge in [0.05, 0.1) is 0 Å². The molecule has 0 bridgehead atoms. The predicted molar refractivity (Wildman–Crippen MR) is 59.3 cm³/mol. The van der Waals surface area contributed by atoms with Gasteiger partial charge < -0.3 is 0 Å². The van der Waals surface area contributed by atoms with E-state index in [2.05, 4.69) is 21.2 Å². The summed E-state index contributed by atoms with van der Waals surface area (Å²) in [7, 11) is 0. The number of piperidine rings is 1. The Bertz CT molecular complexity index is 384. The van der Waals surface area contributed by atoms with Crippen LogP contribution < -0.4 is 5.32 Å². The highest BCUT2D eigenvalue weighted by atomic mass is 79.9.